The zero-order chi connectivity index (χ0) is 20.4. The Morgan fingerprint density at radius 2 is 2.10 bits per heavy atom. The molecule has 1 aliphatic heterocycles. The van der Waals surface area contributed by atoms with Gasteiger partial charge in [-0.2, -0.15) is 0 Å². The van der Waals surface area contributed by atoms with Crippen molar-refractivity contribution in [2.45, 2.75) is 25.5 Å². The van der Waals surface area contributed by atoms with Gasteiger partial charge in [0.25, 0.3) is 5.91 Å². The molecule has 0 bridgehead atoms. The van der Waals surface area contributed by atoms with Crippen molar-refractivity contribution < 1.29 is 14.3 Å². The lowest BCUT2D eigenvalue weighted by Gasteiger charge is -2.10. The van der Waals surface area contributed by atoms with Crippen LogP contribution in [0.3, 0.4) is 0 Å². The number of fused-ring (bicyclic) bond motifs is 1. The molecule has 2 aromatic carbocycles. The summed E-state index contributed by atoms with van der Waals surface area (Å²) in [5, 5.41) is 6.13. The van der Waals surface area contributed by atoms with Crippen LogP contribution in [-0.4, -0.2) is 34.1 Å². The number of amides is 2. The molecule has 1 aromatic heterocycles. The van der Waals surface area contributed by atoms with E-state index in [0.29, 0.717) is 29.4 Å². The van der Waals surface area contributed by atoms with Gasteiger partial charge < -0.3 is 19.9 Å². The summed E-state index contributed by atoms with van der Waals surface area (Å²) in [6.07, 6.45) is 1.30. The van der Waals surface area contributed by atoms with Crippen molar-refractivity contribution >= 4 is 40.1 Å². The molecule has 29 heavy (non-hydrogen) atoms. The van der Waals surface area contributed by atoms with Crippen LogP contribution < -0.4 is 10.6 Å². The quantitative estimate of drug-likeness (QED) is 0.673. The maximum absolute atomic E-state index is 12.5. The number of ether oxygens (including phenoxy) is 1. The van der Waals surface area contributed by atoms with Crippen LogP contribution in [0.2, 0.25) is 5.02 Å². The van der Waals surface area contributed by atoms with E-state index in [4.69, 9.17) is 16.3 Å². The summed E-state index contributed by atoms with van der Waals surface area (Å²) in [5.41, 5.74) is 2.66. The average molecular weight is 413 g/mol. The van der Waals surface area contributed by atoms with Crippen LogP contribution in [0.15, 0.2) is 42.5 Å². The zero-order valence-electron chi connectivity index (χ0n) is 15.9. The zero-order valence-corrected chi connectivity index (χ0v) is 16.7. The van der Waals surface area contributed by atoms with E-state index in [-0.39, 0.29) is 17.9 Å². The highest BCUT2D eigenvalue weighted by molar-refractivity contribution is 6.34. The maximum Gasteiger partial charge on any atom is 0.257 e. The SMILES string of the molecule is Cn1c(CNC(=O)[C@@H]2CCCO2)nc2cc(NC(=O)c3ccccc3Cl)ccc21. The first-order chi connectivity index (χ1) is 14.0. The Hall–Kier alpha value is -2.90. The normalized spacial score (nSPS) is 16.1. The number of aryl methyl sites for hydroxylation is 1. The van der Waals surface area contributed by atoms with Gasteiger partial charge in [-0.15, -0.1) is 0 Å². The molecule has 0 saturated carbocycles. The summed E-state index contributed by atoms with van der Waals surface area (Å²) in [4.78, 5) is 29.2. The van der Waals surface area contributed by atoms with Crippen molar-refractivity contribution in [1.82, 2.24) is 14.9 Å². The smallest absolute Gasteiger partial charge is 0.257 e. The van der Waals surface area contributed by atoms with E-state index >= 15 is 0 Å². The first kappa shape index (κ1) is 19.4. The van der Waals surface area contributed by atoms with E-state index in [9.17, 15) is 9.59 Å². The molecule has 3 aromatic rings. The van der Waals surface area contributed by atoms with Gasteiger partial charge >= 0.3 is 0 Å². The highest BCUT2D eigenvalue weighted by atomic mass is 35.5. The third kappa shape index (κ3) is 4.11. The third-order valence-corrected chi connectivity index (χ3v) is 5.32. The Kier molecular flexibility index (Phi) is 5.51. The van der Waals surface area contributed by atoms with Gasteiger partial charge in [0.1, 0.15) is 11.9 Å². The van der Waals surface area contributed by atoms with Crippen molar-refractivity contribution in [1.29, 1.82) is 0 Å². The number of carbonyl (C=O) groups excluding carboxylic acids is 2. The summed E-state index contributed by atoms with van der Waals surface area (Å²) in [7, 11) is 1.89. The minimum absolute atomic E-state index is 0.109. The molecule has 8 heteroatoms. The molecule has 2 amide bonds. The minimum atomic E-state index is -0.365. The molecule has 2 N–H and O–H groups in total. The molecule has 1 fully saturated rings. The van der Waals surface area contributed by atoms with Gasteiger partial charge in [0.05, 0.1) is 28.2 Å². The van der Waals surface area contributed by atoms with Crippen molar-refractivity contribution in [3.8, 4) is 0 Å². The average Bonchev–Trinajstić information content (AvgIpc) is 3.35. The van der Waals surface area contributed by atoms with Crippen LogP contribution in [0.25, 0.3) is 11.0 Å². The summed E-state index contributed by atoms with van der Waals surface area (Å²) < 4.78 is 7.32. The summed E-state index contributed by atoms with van der Waals surface area (Å²) >= 11 is 6.09. The molecule has 1 atom stereocenters. The highest BCUT2D eigenvalue weighted by Crippen LogP contribution is 2.22. The second kappa shape index (κ2) is 8.23. The number of halogens is 1. The van der Waals surface area contributed by atoms with Crippen LogP contribution in [0.4, 0.5) is 5.69 Å². The number of nitrogens with zero attached hydrogens (tertiary/aromatic N) is 2. The number of hydrogen-bond donors (Lipinski definition) is 2. The Morgan fingerprint density at radius 1 is 1.28 bits per heavy atom. The maximum atomic E-state index is 12.5. The van der Waals surface area contributed by atoms with Gasteiger partial charge in [-0.1, -0.05) is 23.7 Å². The molecule has 4 rings (SSSR count). The first-order valence-corrected chi connectivity index (χ1v) is 9.81. The van der Waals surface area contributed by atoms with Crippen molar-refractivity contribution in [2.75, 3.05) is 11.9 Å². The molecule has 0 aliphatic carbocycles. The van der Waals surface area contributed by atoms with Gasteiger partial charge in [0.2, 0.25) is 5.91 Å². The predicted molar refractivity (Wildman–Crippen MR) is 111 cm³/mol. The van der Waals surface area contributed by atoms with E-state index in [0.717, 1.165) is 29.7 Å². The van der Waals surface area contributed by atoms with Crippen molar-refractivity contribution in [3.05, 3.63) is 58.9 Å². The van der Waals surface area contributed by atoms with Gasteiger partial charge in [-0.25, -0.2) is 4.98 Å². The molecule has 1 aliphatic rings. The predicted octanol–water partition coefficient (Wildman–Crippen LogP) is 3.27. The monoisotopic (exact) mass is 412 g/mol. The van der Waals surface area contributed by atoms with Crippen LogP contribution in [0.1, 0.15) is 29.0 Å². The van der Waals surface area contributed by atoms with Crippen LogP contribution >= 0.6 is 11.6 Å². The number of aromatic nitrogens is 2. The summed E-state index contributed by atoms with van der Waals surface area (Å²) in [6.45, 7) is 0.943. The van der Waals surface area contributed by atoms with Crippen molar-refractivity contribution in [3.63, 3.8) is 0 Å². The van der Waals surface area contributed by atoms with Crippen molar-refractivity contribution in [2.24, 2.45) is 7.05 Å². The molecular weight excluding hydrogens is 392 g/mol. The van der Waals surface area contributed by atoms with E-state index in [1.165, 1.54) is 0 Å². The van der Waals surface area contributed by atoms with E-state index in [1.54, 1.807) is 30.3 Å². The Bertz CT molecular complexity index is 1070. The fraction of sp³-hybridized carbons (Fsp3) is 0.286. The standard InChI is InChI=1S/C21H21ClN4O3/c1-26-17-9-8-13(24-20(27)14-5-2-3-6-15(14)22)11-16(17)25-19(26)12-23-21(28)18-7-4-10-29-18/h2-3,5-6,8-9,11,18H,4,7,10,12H2,1H3,(H,23,28)(H,24,27)/t18-/m0/s1. The number of carbonyl (C=O) groups is 2. The lowest BCUT2D eigenvalue weighted by atomic mass is 10.2. The third-order valence-electron chi connectivity index (χ3n) is 4.99. The largest absolute Gasteiger partial charge is 0.368 e. The number of anilines is 1. The van der Waals surface area contributed by atoms with Crippen LogP contribution in [0.5, 0.6) is 0 Å². The molecule has 0 unspecified atom stereocenters. The topological polar surface area (TPSA) is 85.2 Å². The number of nitrogens with one attached hydrogen (secondary N) is 2. The lowest BCUT2D eigenvalue weighted by Crippen LogP contribution is -2.34. The fourth-order valence-electron chi connectivity index (χ4n) is 3.39. The lowest BCUT2D eigenvalue weighted by molar-refractivity contribution is -0.130. The molecular formula is C21H21ClN4O3. The van der Waals surface area contributed by atoms with Gasteiger partial charge in [0.15, 0.2) is 0 Å². The summed E-state index contributed by atoms with van der Waals surface area (Å²) in [6, 6.07) is 12.4. The number of benzene rings is 2. The Balaban J connectivity index is 1.48. The second-order valence-corrected chi connectivity index (χ2v) is 7.35. The highest BCUT2D eigenvalue weighted by Gasteiger charge is 2.23. The fourth-order valence-corrected chi connectivity index (χ4v) is 3.62. The second-order valence-electron chi connectivity index (χ2n) is 6.94. The van der Waals surface area contributed by atoms with Crippen LogP contribution in [-0.2, 0) is 23.1 Å². The van der Waals surface area contributed by atoms with Gasteiger partial charge in [-0.3, -0.25) is 9.59 Å². The summed E-state index contributed by atoms with van der Waals surface area (Å²) in [5.74, 6) is 0.332. The molecule has 7 nitrogen and oxygen atoms in total. The van der Waals surface area contributed by atoms with Gasteiger partial charge in [0, 0.05) is 19.3 Å². The van der Waals surface area contributed by atoms with E-state index in [1.807, 2.05) is 23.7 Å². The Labute approximate surface area is 173 Å². The Morgan fingerprint density at radius 3 is 2.86 bits per heavy atom. The number of hydrogen-bond acceptors (Lipinski definition) is 4. The van der Waals surface area contributed by atoms with E-state index in [2.05, 4.69) is 15.6 Å². The molecule has 0 spiro atoms. The molecule has 150 valence electrons. The molecule has 2 heterocycles. The number of imidazole rings is 1. The first-order valence-electron chi connectivity index (χ1n) is 9.43. The molecule has 0 radical (unpaired) electrons. The number of rotatable bonds is 5. The van der Waals surface area contributed by atoms with E-state index < -0.39 is 0 Å². The minimum Gasteiger partial charge on any atom is -0.368 e. The van der Waals surface area contributed by atoms with Gasteiger partial charge in [-0.05, 0) is 43.2 Å². The van der Waals surface area contributed by atoms with Crippen LogP contribution in [0, 0.1) is 0 Å². The molecule has 1 saturated heterocycles.